The molecule has 1 atom stereocenters. The van der Waals surface area contributed by atoms with E-state index in [4.69, 9.17) is 0 Å². The number of phenols is 1. The predicted octanol–water partition coefficient (Wildman–Crippen LogP) is 2.32. The van der Waals surface area contributed by atoms with Crippen LogP contribution in [0.3, 0.4) is 0 Å². The number of nitrogens with zero attached hydrogens (tertiary/aromatic N) is 1. The van der Waals surface area contributed by atoms with Gasteiger partial charge in [0.25, 0.3) is 0 Å². The van der Waals surface area contributed by atoms with E-state index in [0.717, 1.165) is 19.6 Å². The van der Waals surface area contributed by atoms with Crippen molar-refractivity contribution in [2.45, 2.75) is 25.7 Å². The van der Waals surface area contributed by atoms with E-state index in [1.54, 1.807) is 6.07 Å². The third kappa shape index (κ3) is 2.55. The molecule has 1 aliphatic heterocycles. The molecular formula is C14H22N2O. The van der Waals surface area contributed by atoms with Crippen LogP contribution in [0.2, 0.25) is 0 Å². The minimum absolute atomic E-state index is 0.389. The molecule has 2 N–H and O–H groups in total. The molecule has 0 saturated heterocycles. The van der Waals surface area contributed by atoms with Crippen LogP contribution in [0, 0.1) is 0 Å². The summed E-state index contributed by atoms with van der Waals surface area (Å²) in [6.07, 6.45) is 2.38. The lowest BCUT2D eigenvalue weighted by Gasteiger charge is -2.17. The van der Waals surface area contributed by atoms with Crippen molar-refractivity contribution in [3.63, 3.8) is 0 Å². The second kappa shape index (κ2) is 5.41. The fraction of sp³-hybridized carbons (Fsp3) is 0.571. The third-order valence-electron chi connectivity index (χ3n) is 3.59. The van der Waals surface area contributed by atoms with Crippen molar-refractivity contribution in [1.82, 2.24) is 5.32 Å². The molecule has 0 radical (unpaired) electrons. The SMILES string of the molecule is CCN1CC(CCCNC)c2cc(O)ccc21. The van der Waals surface area contributed by atoms with Gasteiger partial charge in [0.15, 0.2) is 0 Å². The number of phenolic OH excluding ortho intramolecular Hbond substituents is 1. The maximum absolute atomic E-state index is 9.61. The lowest BCUT2D eigenvalue weighted by molar-refractivity contribution is 0.474. The molecule has 0 spiro atoms. The third-order valence-corrected chi connectivity index (χ3v) is 3.59. The number of fused-ring (bicyclic) bond motifs is 1. The maximum atomic E-state index is 9.61. The Bertz CT molecular complexity index is 378. The Morgan fingerprint density at radius 2 is 2.29 bits per heavy atom. The van der Waals surface area contributed by atoms with E-state index in [0.29, 0.717) is 11.7 Å². The van der Waals surface area contributed by atoms with Crippen molar-refractivity contribution in [1.29, 1.82) is 0 Å². The van der Waals surface area contributed by atoms with Gasteiger partial charge in [-0.25, -0.2) is 0 Å². The van der Waals surface area contributed by atoms with Gasteiger partial charge in [-0.1, -0.05) is 0 Å². The highest BCUT2D eigenvalue weighted by atomic mass is 16.3. The molecule has 94 valence electrons. The summed E-state index contributed by atoms with van der Waals surface area (Å²) in [6.45, 7) is 5.39. The van der Waals surface area contributed by atoms with Crippen molar-refractivity contribution in [2.24, 2.45) is 0 Å². The van der Waals surface area contributed by atoms with Crippen LogP contribution < -0.4 is 10.2 Å². The van der Waals surface area contributed by atoms with E-state index < -0.39 is 0 Å². The number of rotatable bonds is 5. The highest BCUT2D eigenvalue weighted by Gasteiger charge is 2.27. The minimum Gasteiger partial charge on any atom is -0.508 e. The van der Waals surface area contributed by atoms with Gasteiger partial charge in [0.05, 0.1) is 0 Å². The quantitative estimate of drug-likeness (QED) is 0.767. The first kappa shape index (κ1) is 12.2. The second-order valence-corrected chi connectivity index (χ2v) is 4.72. The number of hydrogen-bond acceptors (Lipinski definition) is 3. The van der Waals surface area contributed by atoms with Gasteiger partial charge >= 0.3 is 0 Å². The van der Waals surface area contributed by atoms with Gasteiger partial charge in [-0.3, -0.25) is 0 Å². The Morgan fingerprint density at radius 1 is 1.47 bits per heavy atom. The van der Waals surface area contributed by atoms with Gasteiger partial charge in [-0.2, -0.15) is 0 Å². The van der Waals surface area contributed by atoms with Crippen molar-refractivity contribution < 1.29 is 5.11 Å². The Morgan fingerprint density at radius 3 is 3.00 bits per heavy atom. The van der Waals surface area contributed by atoms with E-state index in [1.807, 2.05) is 19.2 Å². The molecule has 0 bridgehead atoms. The normalized spacial score (nSPS) is 18.5. The minimum atomic E-state index is 0.389. The molecule has 0 amide bonds. The van der Waals surface area contributed by atoms with Crippen LogP contribution in [-0.4, -0.2) is 31.8 Å². The summed E-state index contributed by atoms with van der Waals surface area (Å²) in [4.78, 5) is 2.40. The van der Waals surface area contributed by atoms with Crippen LogP contribution in [0.25, 0.3) is 0 Å². The first-order valence-electron chi connectivity index (χ1n) is 6.48. The summed E-state index contributed by atoms with van der Waals surface area (Å²) in [7, 11) is 1.99. The van der Waals surface area contributed by atoms with Gasteiger partial charge in [0, 0.05) is 24.7 Å². The Hall–Kier alpha value is -1.22. The largest absolute Gasteiger partial charge is 0.508 e. The maximum Gasteiger partial charge on any atom is 0.116 e. The van der Waals surface area contributed by atoms with Gasteiger partial charge in [-0.05, 0) is 57.1 Å². The summed E-state index contributed by atoms with van der Waals surface area (Å²) >= 11 is 0. The van der Waals surface area contributed by atoms with Crippen molar-refractivity contribution >= 4 is 5.69 Å². The molecule has 1 aromatic carbocycles. The van der Waals surface area contributed by atoms with Crippen molar-refractivity contribution in [3.8, 4) is 5.75 Å². The summed E-state index contributed by atoms with van der Waals surface area (Å²) in [5, 5.41) is 12.8. The van der Waals surface area contributed by atoms with Crippen LogP contribution >= 0.6 is 0 Å². The molecule has 0 saturated carbocycles. The highest BCUT2D eigenvalue weighted by Crippen LogP contribution is 2.40. The predicted molar refractivity (Wildman–Crippen MR) is 71.9 cm³/mol. The fourth-order valence-electron chi connectivity index (χ4n) is 2.69. The number of benzene rings is 1. The second-order valence-electron chi connectivity index (χ2n) is 4.72. The van der Waals surface area contributed by atoms with Gasteiger partial charge in [-0.15, -0.1) is 0 Å². The number of nitrogens with one attached hydrogen (secondary N) is 1. The Balaban J connectivity index is 2.14. The van der Waals surface area contributed by atoms with Crippen molar-refractivity contribution in [3.05, 3.63) is 23.8 Å². The van der Waals surface area contributed by atoms with Crippen LogP contribution in [0.4, 0.5) is 5.69 Å². The fourth-order valence-corrected chi connectivity index (χ4v) is 2.69. The number of hydrogen-bond donors (Lipinski definition) is 2. The average Bonchev–Trinajstić information content (AvgIpc) is 2.67. The number of anilines is 1. The molecule has 0 aliphatic carbocycles. The van der Waals surface area contributed by atoms with Crippen LogP contribution in [-0.2, 0) is 0 Å². The van der Waals surface area contributed by atoms with E-state index in [2.05, 4.69) is 17.1 Å². The molecule has 17 heavy (non-hydrogen) atoms. The van der Waals surface area contributed by atoms with E-state index >= 15 is 0 Å². The Labute approximate surface area is 103 Å². The first-order valence-corrected chi connectivity index (χ1v) is 6.48. The monoisotopic (exact) mass is 234 g/mol. The molecule has 1 aromatic rings. The molecule has 2 rings (SSSR count). The Kier molecular flexibility index (Phi) is 3.89. The molecule has 3 heteroatoms. The summed E-state index contributed by atoms with van der Waals surface area (Å²) in [5.41, 5.74) is 2.63. The zero-order chi connectivity index (χ0) is 12.3. The standard InChI is InChI=1S/C14H22N2O/c1-3-16-10-11(5-4-8-15-2)13-9-12(17)6-7-14(13)16/h6-7,9,11,15,17H,3-5,8,10H2,1-2H3. The summed E-state index contributed by atoms with van der Waals surface area (Å²) in [5.74, 6) is 0.964. The van der Waals surface area contributed by atoms with Crippen LogP contribution in [0.5, 0.6) is 5.75 Å². The van der Waals surface area contributed by atoms with Crippen LogP contribution in [0.1, 0.15) is 31.2 Å². The van der Waals surface area contributed by atoms with E-state index in [9.17, 15) is 5.11 Å². The summed E-state index contributed by atoms with van der Waals surface area (Å²) < 4.78 is 0. The first-order chi connectivity index (χ1) is 8.26. The smallest absolute Gasteiger partial charge is 0.116 e. The molecule has 0 fully saturated rings. The zero-order valence-corrected chi connectivity index (χ0v) is 10.7. The number of likely N-dealkylation sites (N-methyl/N-ethyl adjacent to an activating group) is 1. The number of aromatic hydroxyl groups is 1. The van der Waals surface area contributed by atoms with Gasteiger partial charge < -0.3 is 15.3 Å². The van der Waals surface area contributed by atoms with E-state index in [-0.39, 0.29) is 0 Å². The lowest BCUT2D eigenvalue weighted by Crippen LogP contribution is -2.21. The van der Waals surface area contributed by atoms with E-state index in [1.165, 1.54) is 24.1 Å². The molecule has 0 aromatic heterocycles. The topological polar surface area (TPSA) is 35.5 Å². The molecule has 1 aliphatic rings. The lowest BCUT2D eigenvalue weighted by atomic mass is 9.96. The average molecular weight is 234 g/mol. The molecule has 3 nitrogen and oxygen atoms in total. The molecule has 1 unspecified atom stereocenters. The summed E-state index contributed by atoms with van der Waals surface area (Å²) in [6, 6.07) is 5.78. The van der Waals surface area contributed by atoms with Crippen LogP contribution in [0.15, 0.2) is 18.2 Å². The molecular weight excluding hydrogens is 212 g/mol. The van der Waals surface area contributed by atoms with Crippen molar-refractivity contribution in [2.75, 3.05) is 31.6 Å². The van der Waals surface area contributed by atoms with Gasteiger partial charge in [0.2, 0.25) is 0 Å². The molecule has 1 heterocycles. The van der Waals surface area contributed by atoms with Gasteiger partial charge in [0.1, 0.15) is 5.75 Å². The highest BCUT2D eigenvalue weighted by molar-refractivity contribution is 5.62. The zero-order valence-electron chi connectivity index (χ0n) is 10.7.